The minimum Gasteiger partial charge on any atom is -0.494 e. The van der Waals surface area contributed by atoms with E-state index < -0.39 is 0 Å². The molecular weight excluding hydrogens is 380 g/mol. The number of ether oxygens (including phenoxy) is 2. The molecule has 160 valence electrons. The largest absolute Gasteiger partial charge is 0.494 e. The van der Waals surface area contributed by atoms with Crippen LogP contribution in [0.2, 0.25) is 0 Å². The van der Waals surface area contributed by atoms with Gasteiger partial charge in [-0.3, -0.25) is 9.59 Å². The van der Waals surface area contributed by atoms with E-state index in [0.717, 1.165) is 24.3 Å². The Bertz CT molecular complexity index is 825. The van der Waals surface area contributed by atoms with Gasteiger partial charge in [0, 0.05) is 30.8 Å². The fourth-order valence-electron chi connectivity index (χ4n) is 3.59. The molecule has 0 radical (unpaired) electrons. The van der Waals surface area contributed by atoms with Crippen molar-refractivity contribution in [3.8, 4) is 11.5 Å². The van der Waals surface area contributed by atoms with E-state index in [4.69, 9.17) is 9.47 Å². The smallest absolute Gasteiger partial charge is 0.253 e. The molecule has 2 aromatic carbocycles. The van der Waals surface area contributed by atoms with Gasteiger partial charge in [0.1, 0.15) is 11.5 Å². The van der Waals surface area contributed by atoms with Crippen LogP contribution in [0.3, 0.4) is 0 Å². The molecule has 1 fully saturated rings. The van der Waals surface area contributed by atoms with E-state index in [-0.39, 0.29) is 11.8 Å². The lowest BCUT2D eigenvalue weighted by Gasteiger charge is -2.32. The Labute approximate surface area is 178 Å². The third kappa shape index (κ3) is 5.75. The topological polar surface area (TPSA) is 67.9 Å². The highest BCUT2D eigenvalue weighted by Gasteiger charge is 2.24. The number of benzene rings is 2. The Morgan fingerprint density at radius 1 is 0.867 bits per heavy atom. The van der Waals surface area contributed by atoms with Crippen LogP contribution in [-0.4, -0.2) is 49.6 Å². The first-order valence-electron chi connectivity index (χ1n) is 10.6. The molecule has 1 aliphatic heterocycles. The molecule has 0 aliphatic carbocycles. The second kappa shape index (κ2) is 10.7. The summed E-state index contributed by atoms with van der Waals surface area (Å²) in [4.78, 5) is 27.0. The van der Waals surface area contributed by atoms with Crippen molar-refractivity contribution in [3.63, 3.8) is 0 Å². The number of likely N-dealkylation sites (tertiary alicyclic amines) is 1. The molecule has 2 amide bonds. The lowest BCUT2D eigenvalue weighted by Crippen LogP contribution is -2.41. The molecule has 0 bridgehead atoms. The molecule has 2 aromatic rings. The van der Waals surface area contributed by atoms with Gasteiger partial charge in [0.2, 0.25) is 0 Å². The molecule has 0 unspecified atom stereocenters. The van der Waals surface area contributed by atoms with Crippen LogP contribution < -0.4 is 14.8 Å². The Hall–Kier alpha value is -3.02. The van der Waals surface area contributed by atoms with Crippen LogP contribution in [0.25, 0.3) is 0 Å². The van der Waals surface area contributed by atoms with Crippen molar-refractivity contribution < 1.29 is 19.1 Å². The van der Waals surface area contributed by atoms with E-state index in [1.165, 1.54) is 0 Å². The molecule has 0 spiro atoms. The van der Waals surface area contributed by atoms with Crippen molar-refractivity contribution >= 4 is 11.8 Å². The molecule has 1 N–H and O–H groups in total. The molecule has 0 saturated carbocycles. The van der Waals surface area contributed by atoms with Gasteiger partial charge in [-0.25, -0.2) is 0 Å². The lowest BCUT2D eigenvalue weighted by molar-refractivity contribution is 0.0684. The highest BCUT2D eigenvalue weighted by atomic mass is 16.5. The third-order valence-corrected chi connectivity index (χ3v) is 5.29. The summed E-state index contributed by atoms with van der Waals surface area (Å²) in [5.74, 6) is 1.89. The molecule has 3 rings (SSSR count). The van der Waals surface area contributed by atoms with E-state index in [9.17, 15) is 9.59 Å². The van der Waals surface area contributed by atoms with Crippen molar-refractivity contribution in [1.29, 1.82) is 0 Å². The molecule has 6 heteroatoms. The number of rotatable bonds is 8. The normalized spacial score (nSPS) is 14.3. The molecule has 30 heavy (non-hydrogen) atoms. The van der Waals surface area contributed by atoms with Gasteiger partial charge in [-0.15, -0.1) is 0 Å². The molecule has 1 aliphatic rings. The average Bonchev–Trinajstić information content (AvgIpc) is 2.79. The van der Waals surface area contributed by atoms with Crippen LogP contribution in [0.4, 0.5) is 0 Å². The molecule has 0 atom stereocenters. The summed E-state index contributed by atoms with van der Waals surface area (Å²) in [7, 11) is 0. The van der Waals surface area contributed by atoms with E-state index in [2.05, 4.69) is 5.32 Å². The summed E-state index contributed by atoms with van der Waals surface area (Å²) in [5.41, 5.74) is 1.31. The second-order valence-corrected chi connectivity index (χ2v) is 7.36. The SMILES string of the molecule is CCOc1ccc(C(=O)NCC2CCN(C(=O)c3ccc(OCC)cc3)CC2)cc1. The fourth-order valence-corrected chi connectivity index (χ4v) is 3.59. The highest BCUT2D eigenvalue weighted by molar-refractivity contribution is 5.95. The number of hydrogen-bond acceptors (Lipinski definition) is 4. The van der Waals surface area contributed by atoms with Crippen LogP contribution >= 0.6 is 0 Å². The highest BCUT2D eigenvalue weighted by Crippen LogP contribution is 2.20. The number of nitrogens with one attached hydrogen (secondary N) is 1. The zero-order chi connectivity index (χ0) is 21.3. The van der Waals surface area contributed by atoms with E-state index >= 15 is 0 Å². The maximum absolute atomic E-state index is 12.7. The summed E-state index contributed by atoms with van der Waals surface area (Å²) in [6, 6.07) is 14.5. The van der Waals surface area contributed by atoms with Crippen molar-refractivity contribution in [2.45, 2.75) is 26.7 Å². The number of hydrogen-bond donors (Lipinski definition) is 1. The van der Waals surface area contributed by atoms with Crippen LogP contribution in [-0.2, 0) is 0 Å². The quantitative estimate of drug-likeness (QED) is 0.719. The molecule has 0 aromatic heterocycles. The maximum Gasteiger partial charge on any atom is 0.253 e. The van der Waals surface area contributed by atoms with Gasteiger partial charge in [-0.1, -0.05) is 0 Å². The standard InChI is InChI=1S/C24H30N2O4/c1-3-29-21-9-5-19(6-10-21)23(27)25-17-18-13-15-26(16-14-18)24(28)20-7-11-22(12-8-20)30-4-2/h5-12,18H,3-4,13-17H2,1-2H3,(H,25,27). The summed E-state index contributed by atoms with van der Waals surface area (Å²) in [6.45, 7) is 7.10. The van der Waals surface area contributed by atoms with Crippen LogP contribution in [0.5, 0.6) is 11.5 Å². The lowest BCUT2D eigenvalue weighted by atomic mass is 9.96. The van der Waals surface area contributed by atoms with E-state index in [1.54, 1.807) is 12.1 Å². The Balaban J connectivity index is 1.43. The summed E-state index contributed by atoms with van der Waals surface area (Å²) in [6.07, 6.45) is 1.76. The minimum atomic E-state index is -0.0778. The Kier molecular flexibility index (Phi) is 7.71. The molecule has 1 saturated heterocycles. The monoisotopic (exact) mass is 410 g/mol. The van der Waals surface area contributed by atoms with Crippen LogP contribution in [0.15, 0.2) is 48.5 Å². The Morgan fingerprint density at radius 3 is 1.87 bits per heavy atom. The zero-order valence-electron chi connectivity index (χ0n) is 17.7. The second-order valence-electron chi connectivity index (χ2n) is 7.36. The van der Waals surface area contributed by atoms with E-state index in [0.29, 0.717) is 49.9 Å². The van der Waals surface area contributed by atoms with Gasteiger partial charge in [0.15, 0.2) is 0 Å². The first-order chi connectivity index (χ1) is 14.6. The fraction of sp³-hybridized carbons (Fsp3) is 0.417. The van der Waals surface area contributed by atoms with Gasteiger partial charge < -0.3 is 19.7 Å². The zero-order valence-corrected chi connectivity index (χ0v) is 17.7. The minimum absolute atomic E-state index is 0.0509. The van der Waals surface area contributed by atoms with Crippen molar-refractivity contribution in [2.24, 2.45) is 5.92 Å². The molecule has 6 nitrogen and oxygen atoms in total. The number of nitrogens with zero attached hydrogens (tertiary/aromatic N) is 1. The average molecular weight is 411 g/mol. The predicted octanol–water partition coefficient (Wildman–Crippen LogP) is 3.77. The number of piperidine rings is 1. The van der Waals surface area contributed by atoms with Crippen LogP contribution in [0, 0.1) is 5.92 Å². The van der Waals surface area contributed by atoms with Gasteiger partial charge in [0.05, 0.1) is 13.2 Å². The summed E-state index contributed by atoms with van der Waals surface area (Å²) < 4.78 is 10.8. The van der Waals surface area contributed by atoms with Crippen molar-refractivity contribution in [1.82, 2.24) is 10.2 Å². The number of carbonyl (C=O) groups excluding carboxylic acids is 2. The van der Waals surface area contributed by atoms with Gasteiger partial charge in [-0.05, 0) is 81.1 Å². The number of carbonyl (C=O) groups is 2. The molecule has 1 heterocycles. The van der Waals surface area contributed by atoms with Crippen molar-refractivity contribution in [2.75, 3.05) is 32.8 Å². The van der Waals surface area contributed by atoms with E-state index in [1.807, 2.05) is 55.1 Å². The summed E-state index contributed by atoms with van der Waals surface area (Å²) >= 11 is 0. The maximum atomic E-state index is 12.7. The van der Waals surface area contributed by atoms with Crippen molar-refractivity contribution in [3.05, 3.63) is 59.7 Å². The first-order valence-corrected chi connectivity index (χ1v) is 10.6. The van der Waals surface area contributed by atoms with Gasteiger partial charge in [0.25, 0.3) is 11.8 Å². The third-order valence-electron chi connectivity index (χ3n) is 5.29. The van der Waals surface area contributed by atoms with Gasteiger partial charge in [-0.2, -0.15) is 0 Å². The number of amides is 2. The first kappa shape index (κ1) is 21.7. The van der Waals surface area contributed by atoms with Gasteiger partial charge >= 0.3 is 0 Å². The summed E-state index contributed by atoms with van der Waals surface area (Å²) in [5, 5.41) is 3.02. The van der Waals surface area contributed by atoms with Crippen LogP contribution in [0.1, 0.15) is 47.4 Å². The Morgan fingerprint density at radius 2 is 1.37 bits per heavy atom. The molecular formula is C24H30N2O4. The predicted molar refractivity (Wildman–Crippen MR) is 116 cm³/mol.